The third-order valence-electron chi connectivity index (χ3n) is 6.22. The molecule has 1 saturated heterocycles. The molecular formula is C25H28N2O7. The van der Waals surface area contributed by atoms with Crippen molar-refractivity contribution in [1.29, 1.82) is 0 Å². The van der Waals surface area contributed by atoms with Gasteiger partial charge in [0.2, 0.25) is 5.91 Å². The number of methoxy groups -OCH3 is 1. The predicted molar refractivity (Wildman–Crippen MR) is 122 cm³/mol. The Hall–Kier alpha value is -3.43. The van der Waals surface area contributed by atoms with E-state index in [9.17, 15) is 14.4 Å². The highest BCUT2D eigenvalue weighted by Crippen LogP contribution is 2.44. The monoisotopic (exact) mass is 468 g/mol. The third-order valence-corrected chi connectivity index (χ3v) is 6.22. The lowest BCUT2D eigenvalue weighted by Crippen LogP contribution is -2.50. The number of carboxylic acid groups (broad SMARTS) is 1. The molecule has 1 fully saturated rings. The Morgan fingerprint density at radius 3 is 2.32 bits per heavy atom. The van der Waals surface area contributed by atoms with Crippen LogP contribution in [0.3, 0.4) is 0 Å². The van der Waals surface area contributed by atoms with Crippen molar-refractivity contribution >= 4 is 18.0 Å². The lowest BCUT2D eigenvalue weighted by atomic mass is 9.98. The molecule has 3 unspecified atom stereocenters. The van der Waals surface area contributed by atoms with Crippen molar-refractivity contribution in [3.8, 4) is 11.1 Å². The summed E-state index contributed by atoms with van der Waals surface area (Å²) in [5.74, 6) is -2.04. The molecule has 180 valence electrons. The normalized spacial score (nSPS) is 19.7. The van der Waals surface area contributed by atoms with Crippen LogP contribution in [0.1, 0.15) is 23.5 Å². The van der Waals surface area contributed by atoms with Crippen molar-refractivity contribution in [1.82, 2.24) is 10.6 Å². The molecule has 1 aliphatic heterocycles. The summed E-state index contributed by atoms with van der Waals surface area (Å²) < 4.78 is 16.0. The summed E-state index contributed by atoms with van der Waals surface area (Å²) in [6, 6.07) is 15.1. The van der Waals surface area contributed by atoms with Crippen molar-refractivity contribution in [2.75, 3.05) is 33.5 Å². The van der Waals surface area contributed by atoms with Crippen LogP contribution in [-0.2, 0) is 23.8 Å². The van der Waals surface area contributed by atoms with Crippen molar-refractivity contribution < 1.29 is 33.7 Å². The Morgan fingerprint density at radius 1 is 1.09 bits per heavy atom. The first-order chi connectivity index (χ1) is 16.5. The largest absolute Gasteiger partial charge is 0.481 e. The van der Waals surface area contributed by atoms with Gasteiger partial charge in [0.15, 0.2) is 0 Å². The molecule has 1 aliphatic carbocycles. The molecule has 2 aromatic rings. The lowest BCUT2D eigenvalue weighted by Gasteiger charge is -2.20. The molecule has 3 N–H and O–H groups in total. The number of alkyl carbamates (subject to hydrolysis) is 1. The molecule has 0 bridgehead atoms. The van der Waals surface area contributed by atoms with E-state index in [1.807, 2.05) is 36.4 Å². The minimum Gasteiger partial charge on any atom is -0.481 e. The summed E-state index contributed by atoms with van der Waals surface area (Å²) in [5, 5.41) is 14.3. The van der Waals surface area contributed by atoms with Crippen molar-refractivity contribution in [2.24, 2.45) is 5.92 Å². The third kappa shape index (κ3) is 5.21. The summed E-state index contributed by atoms with van der Waals surface area (Å²) in [6.07, 6.45) is -0.783. The molecule has 3 atom stereocenters. The van der Waals surface area contributed by atoms with E-state index >= 15 is 0 Å². The average molecular weight is 469 g/mol. The van der Waals surface area contributed by atoms with E-state index in [-0.39, 0.29) is 38.4 Å². The lowest BCUT2D eigenvalue weighted by molar-refractivity contribution is -0.141. The zero-order chi connectivity index (χ0) is 24.1. The Kier molecular flexibility index (Phi) is 7.44. The number of ether oxygens (including phenoxy) is 3. The van der Waals surface area contributed by atoms with Crippen LogP contribution in [0.15, 0.2) is 48.5 Å². The van der Waals surface area contributed by atoms with Crippen LogP contribution in [0, 0.1) is 5.92 Å². The Morgan fingerprint density at radius 2 is 1.74 bits per heavy atom. The highest BCUT2D eigenvalue weighted by molar-refractivity contribution is 5.86. The van der Waals surface area contributed by atoms with Gasteiger partial charge < -0.3 is 30.0 Å². The molecule has 2 aromatic carbocycles. The van der Waals surface area contributed by atoms with Gasteiger partial charge in [0.25, 0.3) is 0 Å². The molecular weight excluding hydrogens is 440 g/mol. The second-order valence-electron chi connectivity index (χ2n) is 8.45. The molecule has 2 aliphatic rings. The number of hydrogen-bond donors (Lipinski definition) is 3. The van der Waals surface area contributed by atoms with Crippen LogP contribution in [0.2, 0.25) is 0 Å². The minimum atomic E-state index is -0.961. The highest BCUT2D eigenvalue weighted by Gasteiger charge is 2.32. The van der Waals surface area contributed by atoms with E-state index in [4.69, 9.17) is 19.3 Å². The molecule has 4 rings (SSSR count). The topological polar surface area (TPSA) is 123 Å². The first kappa shape index (κ1) is 23.7. The number of fused-ring (bicyclic) bond motifs is 3. The number of carbonyl (C=O) groups excluding carboxylic acids is 2. The summed E-state index contributed by atoms with van der Waals surface area (Å²) in [7, 11) is 1.43. The second-order valence-corrected chi connectivity index (χ2v) is 8.45. The van der Waals surface area contributed by atoms with Gasteiger partial charge in [0.1, 0.15) is 12.6 Å². The van der Waals surface area contributed by atoms with Crippen LogP contribution in [0.4, 0.5) is 4.79 Å². The van der Waals surface area contributed by atoms with Gasteiger partial charge in [-0.1, -0.05) is 48.5 Å². The molecule has 0 aromatic heterocycles. The molecule has 34 heavy (non-hydrogen) atoms. The Bertz CT molecular complexity index is 1010. The molecule has 0 saturated carbocycles. The van der Waals surface area contributed by atoms with Crippen molar-refractivity contribution in [3.63, 3.8) is 0 Å². The fraction of sp³-hybridized carbons (Fsp3) is 0.400. The van der Waals surface area contributed by atoms with Gasteiger partial charge in [-0.2, -0.15) is 0 Å². The van der Waals surface area contributed by atoms with Crippen molar-refractivity contribution in [2.45, 2.75) is 24.5 Å². The molecule has 9 nitrogen and oxygen atoms in total. The zero-order valence-electron chi connectivity index (χ0n) is 18.9. The average Bonchev–Trinajstić information content (AvgIpc) is 3.44. The first-order valence-corrected chi connectivity index (χ1v) is 11.2. The number of hydrogen-bond acceptors (Lipinski definition) is 6. The number of carbonyl (C=O) groups is 3. The van der Waals surface area contributed by atoms with Gasteiger partial charge in [0.05, 0.1) is 25.2 Å². The molecule has 1 heterocycles. The number of nitrogens with one attached hydrogen (secondary N) is 2. The number of rotatable bonds is 9. The number of carboxylic acids is 1. The van der Waals surface area contributed by atoms with Crippen LogP contribution in [0.25, 0.3) is 11.1 Å². The van der Waals surface area contributed by atoms with Gasteiger partial charge >= 0.3 is 12.1 Å². The van der Waals surface area contributed by atoms with Gasteiger partial charge in [-0.15, -0.1) is 0 Å². The maximum Gasteiger partial charge on any atom is 0.407 e. The van der Waals surface area contributed by atoms with E-state index in [2.05, 4.69) is 22.8 Å². The van der Waals surface area contributed by atoms with Crippen LogP contribution in [-0.4, -0.2) is 68.7 Å². The Labute approximate surface area is 197 Å². The first-order valence-electron chi connectivity index (χ1n) is 11.2. The summed E-state index contributed by atoms with van der Waals surface area (Å²) >= 11 is 0. The highest BCUT2D eigenvalue weighted by atomic mass is 16.5. The second kappa shape index (κ2) is 10.7. The number of amides is 2. The van der Waals surface area contributed by atoms with Crippen LogP contribution >= 0.6 is 0 Å². The molecule has 2 amide bonds. The standard InChI is InChI=1S/C25H28N2O7/c1-32-14-22(23(28)26-11-16-10-15(12-33-16)24(29)30)27-25(31)34-13-21-19-8-4-2-6-17(19)18-7-3-5-9-20(18)21/h2-9,15-16,21-22H,10-14H2,1H3,(H,26,28)(H,27,31)(H,29,30). The van der Waals surface area contributed by atoms with E-state index in [0.29, 0.717) is 6.42 Å². The van der Waals surface area contributed by atoms with Crippen LogP contribution in [0.5, 0.6) is 0 Å². The van der Waals surface area contributed by atoms with Gasteiger partial charge in [-0.25, -0.2) is 4.79 Å². The summed E-state index contributed by atoms with van der Waals surface area (Å²) in [4.78, 5) is 36.2. The van der Waals surface area contributed by atoms with E-state index < -0.39 is 29.9 Å². The molecule has 0 radical (unpaired) electrons. The Balaban J connectivity index is 1.31. The number of benzene rings is 2. The van der Waals surface area contributed by atoms with E-state index in [1.165, 1.54) is 7.11 Å². The predicted octanol–water partition coefficient (Wildman–Crippen LogP) is 2.15. The zero-order valence-corrected chi connectivity index (χ0v) is 18.9. The molecule has 0 spiro atoms. The fourth-order valence-electron chi connectivity index (χ4n) is 4.49. The maximum absolute atomic E-state index is 12.6. The smallest absolute Gasteiger partial charge is 0.407 e. The van der Waals surface area contributed by atoms with Crippen molar-refractivity contribution in [3.05, 3.63) is 59.7 Å². The van der Waals surface area contributed by atoms with Crippen LogP contribution < -0.4 is 10.6 Å². The summed E-state index contributed by atoms with van der Waals surface area (Å²) in [6.45, 7) is 0.359. The molecule has 9 heteroatoms. The minimum absolute atomic E-state index is 0.0424. The van der Waals surface area contributed by atoms with Gasteiger partial charge in [-0.3, -0.25) is 9.59 Å². The van der Waals surface area contributed by atoms with E-state index in [1.54, 1.807) is 0 Å². The van der Waals surface area contributed by atoms with E-state index in [0.717, 1.165) is 22.3 Å². The maximum atomic E-state index is 12.6. The fourth-order valence-corrected chi connectivity index (χ4v) is 4.49. The summed E-state index contributed by atoms with van der Waals surface area (Å²) in [5.41, 5.74) is 4.45. The number of aliphatic carboxylic acids is 1. The van der Waals surface area contributed by atoms with Gasteiger partial charge in [-0.05, 0) is 28.7 Å². The quantitative estimate of drug-likeness (QED) is 0.515. The SMILES string of the molecule is COCC(NC(=O)OCC1c2ccccc2-c2ccccc21)C(=O)NCC1CC(C(=O)O)CO1. The van der Waals surface area contributed by atoms with Gasteiger partial charge in [0, 0.05) is 19.6 Å².